The average molecular weight is 591 g/mol. The van der Waals surface area contributed by atoms with E-state index < -0.39 is 0 Å². The van der Waals surface area contributed by atoms with Gasteiger partial charge < -0.3 is 0 Å². The van der Waals surface area contributed by atoms with Gasteiger partial charge in [-0.25, -0.2) is 0 Å². The molecule has 222 valence electrons. The summed E-state index contributed by atoms with van der Waals surface area (Å²) in [6.45, 7) is 9.21. The van der Waals surface area contributed by atoms with Crippen molar-refractivity contribution in [1.82, 2.24) is 0 Å². The van der Waals surface area contributed by atoms with Crippen molar-refractivity contribution < 1.29 is 0 Å². The first-order valence-corrected chi connectivity index (χ1v) is 16.1. The van der Waals surface area contributed by atoms with Gasteiger partial charge in [-0.2, -0.15) is 0 Å². The molecule has 0 spiro atoms. The molecule has 0 aliphatic rings. The summed E-state index contributed by atoms with van der Waals surface area (Å²) in [7, 11) is 0. The summed E-state index contributed by atoms with van der Waals surface area (Å²) in [5.74, 6) is 0. The smallest absolute Gasteiger partial charge is 0.0119 e. The van der Waals surface area contributed by atoms with Crippen molar-refractivity contribution in [1.29, 1.82) is 0 Å². The van der Waals surface area contributed by atoms with E-state index in [9.17, 15) is 0 Å². The first-order valence-electron chi connectivity index (χ1n) is 16.1. The molecular weight excluding hydrogens is 553 g/mol. The van der Waals surface area contributed by atoms with Crippen LogP contribution in [0.4, 0.5) is 0 Å². The monoisotopic (exact) mass is 590 g/mol. The molecule has 0 amide bonds. The highest BCUT2D eigenvalue weighted by Gasteiger charge is 2.20. The lowest BCUT2D eigenvalue weighted by atomic mass is 9.81. The summed E-state index contributed by atoms with van der Waals surface area (Å²) in [5, 5.41) is 0. The minimum atomic E-state index is 1.23. The molecule has 0 nitrogen and oxygen atoms in total. The van der Waals surface area contributed by atoms with Crippen LogP contribution in [-0.4, -0.2) is 0 Å². The molecule has 0 saturated carbocycles. The van der Waals surface area contributed by atoms with E-state index in [0.717, 1.165) is 0 Å². The Bertz CT molecular complexity index is 1840. The lowest BCUT2D eigenvalue weighted by Crippen LogP contribution is -2.01. The molecule has 7 aromatic rings. The molecule has 0 heterocycles. The number of benzene rings is 7. The van der Waals surface area contributed by atoms with Crippen LogP contribution in [-0.2, 0) is 0 Å². The fourth-order valence-electron chi connectivity index (χ4n) is 6.91. The lowest BCUT2D eigenvalue weighted by Gasteiger charge is -2.23. The van der Waals surface area contributed by atoms with Gasteiger partial charge >= 0.3 is 0 Å². The predicted molar refractivity (Wildman–Crippen MR) is 198 cm³/mol. The van der Waals surface area contributed by atoms with Crippen molar-refractivity contribution in [2.75, 3.05) is 0 Å². The SMILES string of the molecule is Cc1c(C)c(-c2cc(-c3ccccc3)cc(-c3ccccc3)c2)c(C)c(C)c1-c1cc(-c2ccccc2)cc(-c2ccccc2)c1. The minimum absolute atomic E-state index is 1.23. The molecule has 0 aromatic heterocycles. The van der Waals surface area contributed by atoms with Gasteiger partial charge in [-0.3, -0.25) is 0 Å². The van der Waals surface area contributed by atoms with Crippen molar-refractivity contribution in [2.45, 2.75) is 27.7 Å². The van der Waals surface area contributed by atoms with E-state index in [2.05, 4.69) is 185 Å². The molecule has 0 N–H and O–H groups in total. The van der Waals surface area contributed by atoms with Crippen LogP contribution in [0.15, 0.2) is 158 Å². The predicted octanol–water partition coefficient (Wildman–Crippen LogP) is 12.9. The van der Waals surface area contributed by atoms with Crippen molar-refractivity contribution in [3.63, 3.8) is 0 Å². The first-order chi connectivity index (χ1) is 22.5. The third kappa shape index (κ3) is 5.59. The lowest BCUT2D eigenvalue weighted by molar-refractivity contribution is 1.25. The van der Waals surface area contributed by atoms with Gasteiger partial charge in [0.25, 0.3) is 0 Å². The molecule has 0 saturated heterocycles. The van der Waals surface area contributed by atoms with Crippen LogP contribution in [0.3, 0.4) is 0 Å². The van der Waals surface area contributed by atoms with E-state index >= 15 is 0 Å². The molecule has 0 aliphatic heterocycles. The number of hydrogen-bond donors (Lipinski definition) is 0. The number of rotatable bonds is 6. The fraction of sp³-hybridized carbons (Fsp3) is 0.0870. The Balaban J connectivity index is 1.44. The molecule has 7 aromatic carbocycles. The quantitative estimate of drug-likeness (QED) is 0.181. The van der Waals surface area contributed by atoms with Gasteiger partial charge in [0, 0.05) is 0 Å². The van der Waals surface area contributed by atoms with Crippen LogP contribution in [0.2, 0.25) is 0 Å². The number of hydrogen-bond acceptors (Lipinski definition) is 0. The van der Waals surface area contributed by atoms with Gasteiger partial charge in [0.1, 0.15) is 0 Å². The van der Waals surface area contributed by atoms with Crippen LogP contribution < -0.4 is 0 Å². The Morgan fingerprint density at radius 3 is 0.630 bits per heavy atom. The summed E-state index contributed by atoms with van der Waals surface area (Å²) in [4.78, 5) is 0. The summed E-state index contributed by atoms with van der Waals surface area (Å²) in [5.41, 5.74) is 20.3. The molecule has 0 unspecified atom stereocenters. The third-order valence-electron chi connectivity index (χ3n) is 9.50. The van der Waals surface area contributed by atoms with Crippen molar-refractivity contribution in [2.24, 2.45) is 0 Å². The van der Waals surface area contributed by atoms with Gasteiger partial charge in [-0.1, -0.05) is 121 Å². The molecular formula is C46H38. The zero-order valence-electron chi connectivity index (χ0n) is 27.0. The zero-order chi connectivity index (χ0) is 31.6. The fourth-order valence-corrected chi connectivity index (χ4v) is 6.91. The van der Waals surface area contributed by atoms with Gasteiger partial charge in [-0.15, -0.1) is 0 Å². The largest absolute Gasteiger partial charge is 0.0622 e. The van der Waals surface area contributed by atoms with Gasteiger partial charge in [-0.05, 0) is 153 Å². The maximum Gasteiger partial charge on any atom is -0.0119 e. The normalized spacial score (nSPS) is 11.0. The van der Waals surface area contributed by atoms with E-state index in [1.165, 1.54) is 89.0 Å². The minimum Gasteiger partial charge on any atom is -0.0622 e. The maximum atomic E-state index is 2.37. The Kier molecular flexibility index (Phi) is 7.95. The van der Waals surface area contributed by atoms with Crippen molar-refractivity contribution in [3.8, 4) is 66.8 Å². The average Bonchev–Trinajstić information content (AvgIpc) is 3.12. The molecule has 0 atom stereocenters. The van der Waals surface area contributed by atoms with Crippen molar-refractivity contribution >= 4 is 0 Å². The molecule has 0 aliphatic carbocycles. The molecule has 0 fully saturated rings. The Labute approximate surface area is 273 Å². The topological polar surface area (TPSA) is 0 Å². The van der Waals surface area contributed by atoms with E-state index in [0.29, 0.717) is 0 Å². The first kappa shape index (κ1) is 29.3. The van der Waals surface area contributed by atoms with Gasteiger partial charge in [0.05, 0.1) is 0 Å². The summed E-state index contributed by atoms with van der Waals surface area (Å²) < 4.78 is 0. The van der Waals surface area contributed by atoms with E-state index in [1.54, 1.807) is 0 Å². The standard InChI is InChI=1S/C46H38/c1-31-32(2)46(44-29-41(37-21-13-7-14-22-37)26-42(30-44)38-23-15-8-16-24-38)34(4)33(3)45(31)43-27-39(35-17-9-5-10-18-35)25-40(28-43)36-19-11-6-12-20-36/h5-30H,1-4H3. The third-order valence-corrected chi connectivity index (χ3v) is 9.50. The van der Waals surface area contributed by atoms with E-state index in [4.69, 9.17) is 0 Å². The van der Waals surface area contributed by atoms with Gasteiger partial charge in [0.2, 0.25) is 0 Å². The van der Waals surface area contributed by atoms with Crippen LogP contribution in [0.1, 0.15) is 22.3 Å². The van der Waals surface area contributed by atoms with Gasteiger partial charge in [0.15, 0.2) is 0 Å². The van der Waals surface area contributed by atoms with Crippen LogP contribution in [0.25, 0.3) is 66.8 Å². The summed E-state index contributed by atoms with van der Waals surface area (Å²) >= 11 is 0. The molecule has 7 rings (SSSR count). The molecule has 0 heteroatoms. The summed E-state index contributed by atoms with van der Waals surface area (Å²) in [6.07, 6.45) is 0. The van der Waals surface area contributed by atoms with Crippen LogP contribution in [0.5, 0.6) is 0 Å². The summed E-state index contributed by atoms with van der Waals surface area (Å²) in [6, 6.07) is 57.1. The van der Waals surface area contributed by atoms with Crippen molar-refractivity contribution in [3.05, 3.63) is 180 Å². The maximum absolute atomic E-state index is 2.37. The highest BCUT2D eigenvalue weighted by atomic mass is 14.2. The van der Waals surface area contributed by atoms with E-state index in [-0.39, 0.29) is 0 Å². The van der Waals surface area contributed by atoms with E-state index in [1.807, 2.05) is 0 Å². The van der Waals surface area contributed by atoms with Crippen LogP contribution >= 0.6 is 0 Å². The Morgan fingerprint density at radius 2 is 0.413 bits per heavy atom. The highest BCUT2D eigenvalue weighted by molar-refractivity contribution is 5.89. The Hall–Kier alpha value is -5.46. The van der Waals surface area contributed by atoms with Crippen LogP contribution in [0, 0.1) is 27.7 Å². The molecule has 0 bridgehead atoms. The second-order valence-electron chi connectivity index (χ2n) is 12.3. The second-order valence-corrected chi connectivity index (χ2v) is 12.3. The Morgan fingerprint density at radius 1 is 0.217 bits per heavy atom. The highest BCUT2D eigenvalue weighted by Crippen LogP contribution is 2.43. The molecule has 46 heavy (non-hydrogen) atoms. The second kappa shape index (κ2) is 12.5. The zero-order valence-corrected chi connectivity index (χ0v) is 27.0. The molecule has 0 radical (unpaired) electrons.